The Hall–Kier alpha value is -0.940. The first-order valence-corrected chi connectivity index (χ1v) is 15.3. The van der Waals surface area contributed by atoms with Crippen LogP contribution in [0.15, 0.2) is 24.3 Å². The number of aliphatic hydroxyl groups is 1. The Balaban J connectivity index is 3.58. The van der Waals surface area contributed by atoms with Crippen LogP contribution in [0, 0.1) is 0 Å². The average Bonchev–Trinajstić information content (AvgIpc) is 2.77. The second kappa shape index (κ2) is 22.5. The van der Waals surface area contributed by atoms with Gasteiger partial charge >= 0.3 is 0 Å². The molecule has 0 saturated heterocycles. The van der Waals surface area contributed by atoms with Gasteiger partial charge in [-0.05, 0) is 32.1 Å². The van der Waals surface area contributed by atoms with Crippen molar-refractivity contribution in [3.63, 3.8) is 0 Å². The fourth-order valence-corrected chi connectivity index (χ4v) is 4.30. The number of hydrogen-bond acceptors (Lipinski definition) is 4. The molecule has 1 amide bonds. The molecule has 7 heteroatoms. The molecule has 0 bridgehead atoms. The number of hydrogen-bond donors (Lipinski definition) is 2. The van der Waals surface area contributed by atoms with E-state index < -0.39 is 14.1 Å². The summed E-state index contributed by atoms with van der Waals surface area (Å²) >= 11 is 0. The molecule has 0 spiro atoms. The highest BCUT2D eigenvalue weighted by molar-refractivity contribution is 7.38. The van der Waals surface area contributed by atoms with E-state index in [1.165, 1.54) is 58.0 Å². The molecule has 0 rings (SSSR count). The van der Waals surface area contributed by atoms with Gasteiger partial charge in [0.15, 0.2) is 8.03 Å². The minimum atomic E-state index is -2.01. The molecular formula is C27H54N2O4P+. The van der Waals surface area contributed by atoms with Gasteiger partial charge in [-0.1, -0.05) is 69.8 Å². The first-order chi connectivity index (χ1) is 16.3. The van der Waals surface area contributed by atoms with E-state index in [0.29, 0.717) is 24.0 Å². The fraction of sp³-hybridized carbons (Fsp3) is 0.815. The molecule has 0 aromatic carbocycles. The Bertz CT molecular complexity index is 579. The second-order valence-corrected chi connectivity index (χ2v) is 11.3. The lowest BCUT2D eigenvalue weighted by atomic mass is 10.1. The van der Waals surface area contributed by atoms with Gasteiger partial charge in [0.2, 0.25) is 5.91 Å². The number of rotatable bonds is 23. The standard InChI is InChI=1S/C27H53N2O4P/c1-5-6-7-8-9-10-11-12-13-14-15-16-17-18-19-21-27(31)28-22-20-23-29(2,3)24-26(30)25-33-34(4)32/h10-13,26,30,34H,5-9,14-25H2,1-4H3/p+1/b11-10+,13-12-. The van der Waals surface area contributed by atoms with Crippen molar-refractivity contribution in [2.75, 3.05) is 47.0 Å². The highest BCUT2D eigenvalue weighted by Gasteiger charge is 2.20. The lowest BCUT2D eigenvalue weighted by Gasteiger charge is -2.31. The Morgan fingerprint density at radius 2 is 1.56 bits per heavy atom. The minimum Gasteiger partial charge on any atom is -0.385 e. The number of nitrogens with one attached hydrogen (secondary N) is 1. The van der Waals surface area contributed by atoms with Gasteiger partial charge in [-0.15, -0.1) is 0 Å². The van der Waals surface area contributed by atoms with Crippen molar-refractivity contribution >= 4 is 13.9 Å². The first-order valence-electron chi connectivity index (χ1n) is 13.5. The highest BCUT2D eigenvalue weighted by Crippen LogP contribution is 2.16. The summed E-state index contributed by atoms with van der Waals surface area (Å²) in [6.45, 7) is 5.93. The van der Waals surface area contributed by atoms with Crippen LogP contribution in [0.25, 0.3) is 0 Å². The summed E-state index contributed by atoms with van der Waals surface area (Å²) in [6.07, 6.45) is 23.1. The monoisotopic (exact) mass is 501 g/mol. The summed E-state index contributed by atoms with van der Waals surface area (Å²) in [6, 6.07) is 0. The quantitative estimate of drug-likeness (QED) is 0.0795. The summed E-state index contributed by atoms with van der Waals surface area (Å²) < 4.78 is 16.7. The zero-order valence-electron chi connectivity index (χ0n) is 22.5. The molecule has 2 atom stereocenters. The molecule has 0 heterocycles. The summed E-state index contributed by atoms with van der Waals surface area (Å²) in [5.41, 5.74) is 0. The number of quaternary nitrogens is 1. The van der Waals surface area contributed by atoms with E-state index in [1.54, 1.807) is 0 Å². The highest BCUT2D eigenvalue weighted by atomic mass is 31.1. The van der Waals surface area contributed by atoms with Gasteiger partial charge < -0.3 is 19.4 Å². The van der Waals surface area contributed by atoms with Crippen LogP contribution in [-0.2, 0) is 13.9 Å². The SMILES string of the molecule is CCCCCC/C=C/C=C\CCCCCCCC(=O)NCCC[N+](C)(C)CC(O)CO[PH](C)=O. The topological polar surface area (TPSA) is 75.6 Å². The Kier molecular flexibility index (Phi) is 21.9. The lowest BCUT2D eigenvalue weighted by Crippen LogP contribution is -2.47. The van der Waals surface area contributed by atoms with Crippen molar-refractivity contribution < 1.29 is 23.5 Å². The third-order valence-corrected chi connectivity index (χ3v) is 6.40. The van der Waals surface area contributed by atoms with Crippen molar-refractivity contribution in [2.45, 2.75) is 96.5 Å². The second-order valence-electron chi connectivity index (χ2n) is 10.0. The smallest absolute Gasteiger partial charge is 0.219 e. The maximum Gasteiger partial charge on any atom is 0.219 e. The molecule has 0 fully saturated rings. The molecule has 2 unspecified atom stereocenters. The van der Waals surface area contributed by atoms with Gasteiger partial charge in [-0.3, -0.25) is 9.36 Å². The molecule has 0 aromatic heterocycles. The van der Waals surface area contributed by atoms with E-state index in [2.05, 4.69) is 36.5 Å². The lowest BCUT2D eigenvalue weighted by molar-refractivity contribution is -0.893. The molecule has 0 aliphatic carbocycles. The summed E-state index contributed by atoms with van der Waals surface area (Å²) in [5.74, 6) is 0.135. The van der Waals surface area contributed by atoms with Gasteiger partial charge in [0, 0.05) is 26.1 Å². The van der Waals surface area contributed by atoms with Crippen LogP contribution in [-0.4, -0.2) is 68.6 Å². The molecule has 6 nitrogen and oxygen atoms in total. The van der Waals surface area contributed by atoms with Crippen molar-refractivity contribution in [3.05, 3.63) is 24.3 Å². The predicted octanol–water partition coefficient (Wildman–Crippen LogP) is 5.86. The van der Waals surface area contributed by atoms with E-state index in [1.807, 2.05) is 14.1 Å². The van der Waals surface area contributed by atoms with Gasteiger partial charge in [0.05, 0.1) is 27.2 Å². The number of allylic oxidation sites excluding steroid dienone is 4. The van der Waals surface area contributed by atoms with E-state index in [0.717, 1.165) is 32.2 Å². The summed E-state index contributed by atoms with van der Waals surface area (Å²) in [4.78, 5) is 12.0. The zero-order valence-corrected chi connectivity index (χ0v) is 23.5. The summed E-state index contributed by atoms with van der Waals surface area (Å²) in [5, 5.41) is 13.0. The van der Waals surface area contributed by atoms with E-state index in [-0.39, 0.29) is 12.5 Å². The fourth-order valence-electron chi connectivity index (χ4n) is 3.87. The average molecular weight is 502 g/mol. The number of nitrogens with zero attached hydrogens (tertiary/aromatic N) is 1. The van der Waals surface area contributed by atoms with Crippen molar-refractivity contribution in [1.29, 1.82) is 0 Å². The minimum absolute atomic E-state index is 0.111. The Labute approximate surface area is 210 Å². The van der Waals surface area contributed by atoms with Gasteiger partial charge in [0.25, 0.3) is 0 Å². The number of aliphatic hydroxyl groups excluding tert-OH is 1. The predicted molar refractivity (Wildman–Crippen MR) is 146 cm³/mol. The molecule has 0 aliphatic rings. The maximum absolute atomic E-state index is 12.0. The van der Waals surface area contributed by atoms with Crippen LogP contribution in [0.2, 0.25) is 0 Å². The van der Waals surface area contributed by atoms with Crippen molar-refractivity contribution in [1.82, 2.24) is 5.32 Å². The Morgan fingerprint density at radius 3 is 2.18 bits per heavy atom. The van der Waals surface area contributed by atoms with Crippen LogP contribution < -0.4 is 5.32 Å². The third-order valence-electron chi connectivity index (χ3n) is 5.83. The molecule has 2 N–H and O–H groups in total. The maximum atomic E-state index is 12.0. The first kappa shape index (κ1) is 33.1. The van der Waals surface area contributed by atoms with E-state index in [4.69, 9.17) is 4.52 Å². The number of amides is 1. The van der Waals surface area contributed by atoms with Crippen LogP contribution in [0.3, 0.4) is 0 Å². The molecular weight excluding hydrogens is 447 g/mol. The molecule has 34 heavy (non-hydrogen) atoms. The Morgan fingerprint density at radius 1 is 0.971 bits per heavy atom. The van der Waals surface area contributed by atoms with Crippen LogP contribution >= 0.6 is 8.03 Å². The van der Waals surface area contributed by atoms with Crippen LogP contribution in [0.4, 0.5) is 0 Å². The van der Waals surface area contributed by atoms with Gasteiger partial charge in [-0.25, -0.2) is 0 Å². The van der Waals surface area contributed by atoms with Crippen LogP contribution in [0.5, 0.6) is 0 Å². The largest absolute Gasteiger partial charge is 0.385 e. The number of carbonyl (C=O) groups excluding carboxylic acids is 1. The van der Waals surface area contributed by atoms with Crippen LogP contribution in [0.1, 0.15) is 90.4 Å². The molecule has 0 saturated carbocycles. The number of unbranched alkanes of at least 4 members (excludes halogenated alkanes) is 9. The third kappa shape index (κ3) is 24.2. The summed E-state index contributed by atoms with van der Waals surface area (Å²) in [7, 11) is 2.08. The molecule has 200 valence electrons. The molecule has 0 aliphatic heterocycles. The normalized spacial score (nSPS) is 14.1. The number of likely N-dealkylation sites (N-methyl/N-ethyl adjacent to an activating group) is 1. The van der Waals surface area contributed by atoms with E-state index in [9.17, 15) is 14.5 Å². The number of carbonyl (C=O) groups is 1. The molecule has 0 radical (unpaired) electrons. The van der Waals surface area contributed by atoms with E-state index >= 15 is 0 Å². The van der Waals surface area contributed by atoms with Crippen molar-refractivity contribution in [3.8, 4) is 0 Å². The van der Waals surface area contributed by atoms with Gasteiger partial charge in [0.1, 0.15) is 12.6 Å². The zero-order chi connectivity index (χ0) is 25.5. The van der Waals surface area contributed by atoms with Crippen molar-refractivity contribution in [2.24, 2.45) is 0 Å². The van der Waals surface area contributed by atoms with Gasteiger partial charge in [-0.2, -0.15) is 0 Å². The molecule has 0 aromatic rings.